The number of nitrogens with zero attached hydrogens (tertiary/aromatic N) is 2. The van der Waals surface area contributed by atoms with E-state index in [-0.39, 0.29) is 42.1 Å². The summed E-state index contributed by atoms with van der Waals surface area (Å²) in [6.07, 6.45) is 3.63. The summed E-state index contributed by atoms with van der Waals surface area (Å²) in [5.74, 6) is -2.64. The summed E-state index contributed by atoms with van der Waals surface area (Å²) >= 11 is 1.52. The third-order valence-electron chi connectivity index (χ3n) is 5.68. The number of hydrogen-bond acceptors (Lipinski definition) is 7. The molecular formula is C22H20N4O5S. The number of hydrogen-bond donors (Lipinski definition) is 2. The van der Waals surface area contributed by atoms with Gasteiger partial charge in [-0.2, -0.15) is 0 Å². The van der Waals surface area contributed by atoms with Gasteiger partial charge in [-0.25, -0.2) is 4.98 Å². The van der Waals surface area contributed by atoms with E-state index in [4.69, 9.17) is 0 Å². The summed E-state index contributed by atoms with van der Waals surface area (Å²) in [6, 6.07) is 8.12. The van der Waals surface area contributed by atoms with Crippen LogP contribution in [0.15, 0.2) is 41.4 Å². The predicted octanol–water partition coefficient (Wildman–Crippen LogP) is 1.52. The number of carbonyl (C=O) groups is 5. The van der Waals surface area contributed by atoms with Crippen molar-refractivity contribution in [1.29, 1.82) is 0 Å². The molecule has 1 unspecified atom stereocenters. The minimum Gasteiger partial charge on any atom is -0.347 e. The van der Waals surface area contributed by atoms with Gasteiger partial charge in [-0.05, 0) is 49.4 Å². The molecule has 0 spiro atoms. The predicted molar refractivity (Wildman–Crippen MR) is 115 cm³/mol. The first-order valence-electron chi connectivity index (χ1n) is 9.89. The minimum atomic E-state index is -1.44. The first-order chi connectivity index (χ1) is 15.2. The van der Waals surface area contributed by atoms with Crippen LogP contribution in [-0.2, 0) is 16.1 Å². The summed E-state index contributed by atoms with van der Waals surface area (Å²) in [5.41, 5.74) is -0.203. The van der Waals surface area contributed by atoms with Gasteiger partial charge in [0.15, 0.2) is 0 Å². The number of rotatable bonds is 5. The van der Waals surface area contributed by atoms with Gasteiger partial charge < -0.3 is 5.32 Å². The Morgan fingerprint density at radius 3 is 2.56 bits per heavy atom. The highest BCUT2D eigenvalue weighted by molar-refractivity contribution is 7.98. The molecule has 9 nitrogen and oxygen atoms in total. The van der Waals surface area contributed by atoms with Crippen LogP contribution in [0.1, 0.15) is 56.5 Å². The van der Waals surface area contributed by atoms with E-state index >= 15 is 0 Å². The Bertz CT molecular complexity index is 1160. The maximum atomic E-state index is 13.1. The zero-order valence-electron chi connectivity index (χ0n) is 17.4. The molecule has 10 heteroatoms. The zero-order chi connectivity index (χ0) is 23.0. The summed E-state index contributed by atoms with van der Waals surface area (Å²) in [6.45, 7) is 1.61. The summed E-state index contributed by atoms with van der Waals surface area (Å²) in [5, 5.41) is 4.95. The molecule has 2 aliphatic rings. The molecule has 2 aromatic rings. The fourth-order valence-corrected chi connectivity index (χ4v) is 4.12. The van der Waals surface area contributed by atoms with Gasteiger partial charge in [0.1, 0.15) is 11.2 Å². The highest BCUT2D eigenvalue weighted by Gasteiger charge is 2.52. The Hall–Kier alpha value is -3.53. The molecule has 0 bridgehead atoms. The molecule has 0 aliphatic carbocycles. The zero-order valence-corrected chi connectivity index (χ0v) is 18.2. The third-order valence-corrected chi connectivity index (χ3v) is 6.40. The second-order valence-corrected chi connectivity index (χ2v) is 8.62. The Kier molecular flexibility index (Phi) is 5.55. The fourth-order valence-electron chi connectivity index (χ4n) is 3.76. The number of nitrogens with one attached hydrogen (secondary N) is 2. The van der Waals surface area contributed by atoms with Crippen LogP contribution in [-0.4, -0.2) is 51.2 Å². The minimum absolute atomic E-state index is 0.0406. The Balaban J connectivity index is 1.51. The van der Waals surface area contributed by atoms with Gasteiger partial charge in [0.05, 0.1) is 11.1 Å². The van der Waals surface area contributed by atoms with Gasteiger partial charge >= 0.3 is 0 Å². The SMILES string of the molecule is CSc1ccc(C(=O)NCc2ccc3c(c2)C(=O)N(C2(C)CCC(=O)NC2=O)C3=O)nc1. The Morgan fingerprint density at radius 2 is 1.91 bits per heavy atom. The molecular weight excluding hydrogens is 432 g/mol. The van der Waals surface area contributed by atoms with Crippen molar-refractivity contribution in [2.45, 2.75) is 36.7 Å². The van der Waals surface area contributed by atoms with Crippen molar-refractivity contribution in [2.24, 2.45) is 0 Å². The average molecular weight is 452 g/mol. The third kappa shape index (κ3) is 3.66. The molecule has 2 aliphatic heterocycles. The topological polar surface area (TPSA) is 126 Å². The van der Waals surface area contributed by atoms with Crippen LogP contribution < -0.4 is 10.6 Å². The van der Waals surface area contributed by atoms with Crippen LogP contribution in [0.25, 0.3) is 0 Å². The van der Waals surface area contributed by atoms with Crippen LogP contribution in [0.2, 0.25) is 0 Å². The van der Waals surface area contributed by atoms with Gasteiger partial charge in [-0.15, -0.1) is 11.8 Å². The van der Waals surface area contributed by atoms with Gasteiger partial charge in [0, 0.05) is 24.1 Å². The number of benzene rings is 1. The second kappa shape index (κ2) is 8.19. The number of amides is 5. The van der Waals surface area contributed by atoms with Crippen LogP contribution >= 0.6 is 11.8 Å². The number of thioether (sulfide) groups is 1. The lowest BCUT2D eigenvalue weighted by molar-refractivity contribution is -0.140. The first kappa shape index (κ1) is 21.7. The number of imide groups is 2. The van der Waals surface area contributed by atoms with Crippen molar-refractivity contribution in [3.8, 4) is 0 Å². The molecule has 1 atom stereocenters. The van der Waals surface area contributed by atoms with E-state index in [1.54, 1.807) is 24.4 Å². The largest absolute Gasteiger partial charge is 0.347 e. The van der Waals surface area contributed by atoms with Gasteiger partial charge in [-0.3, -0.25) is 34.2 Å². The highest BCUT2D eigenvalue weighted by atomic mass is 32.2. The van der Waals surface area contributed by atoms with E-state index in [2.05, 4.69) is 15.6 Å². The summed E-state index contributed by atoms with van der Waals surface area (Å²) < 4.78 is 0. The van der Waals surface area contributed by atoms with E-state index in [9.17, 15) is 24.0 Å². The molecule has 32 heavy (non-hydrogen) atoms. The number of piperidine rings is 1. The van der Waals surface area contributed by atoms with Gasteiger partial charge in [0.25, 0.3) is 23.6 Å². The number of fused-ring (bicyclic) bond motifs is 1. The van der Waals surface area contributed by atoms with Crippen LogP contribution in [0.4, 0.5) is 0 Å². The quantitative estimate of drug-likeness (QED) is 0.520. The van der Waals surface area contributed by atoms with Crippen molar-refractivity contribution in [1.82, 2.24) is 20.5 Å². The molecule has 4 rings (SSSR count). The van der Waals surface area contributed by atoms with Gasteiger partial charge in [-0.1, -0.05) is 6.07 Å². The van der Waals surface area contributed by atoms with E-state index in [1.165, 1.54) is 30.8 Å². The maximum absolute atomic E-state index is 13.1. The fraction of sp³-hybridized carbons (Fsp3) is 0.273. The van der Waals surface area contributed by atoms with Crippen LogP contribution in [0.3, 0.4) is 0 Å². The molecule has 0 saturated carbocycles. The first-order valence-corrected chi connectivity index (χ1v) is 11.1. The monoisotopic (exact) mass is 452 g/mol. The van der Waals surface area contributed by atoms with Crippen molar-refractivity contribution in [3.63, 3.8) is 0 Å². The standard InChI is InChI=1S/C22H20N4O5S/c1-22(8-7-17(27)25-21(22)31)26-19(29)14-5-3-12(9-15(14)20(26)30)10-24-18(28)16-6-4-13(32-2)11-23-16/h3-6,9,11H,7-8,10H2,1-2H3,(H,24,28)(H,25,27,31). The van der Waals surface area contributed by atoms with Crippen LogP contribution in [0, 0.1) is 0 Å². The van der Waals surface area contributed by atoms with E-state index in [1.807, 2.05) is 6.26 Å². The maximum Gasteiger partial charge on any atom is 0.270 e. The molecule has 1 aromatic heterocycles. The molecule has 0 radical (unpaired) electrons. The van der Waals surface area contributed by atoms with E-state index in [0.717, 1.165) is 9.80 Å². The van der Waals surface area contributed by atoms with Crippen molar-refractivity contribution in [3.05, 3.63) is 58.9 Å². The second-order valence-electron chi connectivity index (χ2n) is 7.74. The Labute approximate surface area is 188 Å². The molecule has 164 valence electrons. The van der Waals surface area contributed by atoms with Crippen molar-refractivity contribution >= 4 is 41.3 Å². The molecule has 1 aromatic carbocycles. The summed E-state index contributed by atoms with van der Waals surface area (Å²) in [4.78, 5) is 68.3. The molecule has 3 heterocycles. The molecule has 1 fully saturated rings. The summed E-state index contributed by atoms with van der Waals surface area (Å²) in [7, 11) is 0. The van der Waals surface area contributed by atoms with Crippen LogP contribution in [0.5, 0.6) is 0 Å². The molecule has 5 amide bonds. The smallest absolute Gasteiger partial charge is 0.270 e. The highest BCUT2D eigenvalue weighted by Crippen LogP contribution is 2.34. The Morgan fingerprint density at radius 1 is 1.16 bits per heavy atom. The number of aromatic nitrogens is 1. The molecule has 2 N–H and O–H groups in total. The van der Waals surface area contributed by atoms with Gasteiger partial charge in [0.2, 0.25) is 5.91 Å². The lowest BCUT2D eigenvalue weighted by Gasteiger charge is -2.38. The normalized spacial score (nSPS) is 20.2. The van der Waals surface area contributed by atoms with E-state index in [0.29, 0.717) is 5.56 Å². The van der Waals surface area contributed by atoms with E-state index < -0.39 is 29.2 Å². The lowest BCUT2D eigenvalue weighted by Crippen LogP contribution is -2.62. The number of pyridine rings is 1. The number of carbonyl (C=O) groups excluding carboxylic acids is 5. The van der Waals surface area contributed by atoms with Crippen molar-refractivity contribution < 1.29 is 24.0 Å². The molecule has 1 saturated heterocycles. The lowest BCUT2D eigenvalue weighted by atomic mass is 9.89. The van der Waals surface area contributed by atoms with Crippen molar-refractivity contribution in [2.75, 3.05) is 6.26 Å². The average Bonchev–Trinajstić information content (AvgIpc) is 3.05.